The number of aromatic nitrogens is 2. The van der Waals surface area contributed by atoms with Gasteiger partial charge in [0.25, 0.3) is 5.56 Å². The van der Waals surface area contributed by atoms with Crippen LogP contribution in [0, 0.1) is 5.92 Å². The summed E-state index contributed by atoms with van der Waals surface area (Å²) in [4.78, 5) is 42.4. The highest BCUT2D eigenvalue weighted by Gasteiger charge is 2.19. The summed E-state index contributed by atoms with van der Waals surface area (Å²) < 4.78 is 1.59. The van der Waals surface area contributed by atoms with Crippen molar-refractivity contribution in [3.8, 4) is 0 Å². The number of rotatable bonds is 9. The normalized spacial score (nSPS) is 12.2. The summed E-state index contributed by atoms with van der Waals surface area (Å²) in [6.07, 6.45) is 0.430. The number of carbonyl (C=O) groups excluding carboxylic acids is 2. The van der Waals surface area contributed by atoms with E-state index < -0.39 is 6.04 Å². The van der Waals surface area contributed by atoms with Crippen molar-refractivity contribution in [2.45, 2.75) is 44.9 Å². The minimum atomic E-state index is -0.602. The number of fused-ring (bicyclic) bond motifs is 1. The van der Waals surface area contributed by atoms with E-state index in [9.17, 15) is 14.4 Å². The van der Waals surface area contributed by atoms with Gasteiger partial charge in [0, 0.05) is 11.6 Å². The van der Waals surface area contributed by atoms with E-state index in [0.29, 0.717) is 34.0 Å². The van der Waals surface area contributed by atoms with Crippen molar-refractivity contribution in [2.24, 2.45) is 5.92 Å². The van der Waals surface area contributed by atoms with Crippen molar-refractivity contribution in [2.75, 3.05) is 5.75 Å². The maximum Gasteiger partial charge on any atom is 0.262 e. The maximum atomic E-state index is 13.1. The van der Waals surface area contributed by atoms with Crippen LogP contribution in [0.15, 0.2) is 58.5 Å². The number of carbonyl (C=O) groups is 2. The Bertz CT molecular complexity index is 1180. The molecule has 1 unspecified atom stereocenters. The Morgan fingerprint density at radius 2 is 1.88 bits per heavy atom. The van der Waals surface area contributed by atoms with Crippen molar-refractivity contribution in [3.63, 3.8) is 0 Å². The number of thioether (sulfide) groups is 1. The van der Waals surface area contributed by atoms with Gasteiger partial charge in [0.05, 0.1) is 22.7 Å². The topological polar surface area (TPSA) is 81.1 Å². The summed E-state index contributed by atoms with van der Waals surface area (Å²) >= 11 is 7.25. The number of ketones is 1. The lowest BCUT2D eigenvalue weighted by atomic mass is 10.0. The number of benzene rings is 2. The third-order valence-electron chi connectivity index (χ3n) is 4.87. The molecule has 0 aliphatic carbocycles. The van der Waals surface area contributed by atoms with Crippen molar-refractivity contribution >= 4 is 46.0 Å². The Morgan fingerprint density at radius 3 is 2.53 bits per heavy atom. The highest BCUT2D eigenvalue weighted by Crippen LogP contribution is 2.21. The first-order valence-corrected chi connectivity index (χ1v) is 11.8. The fraction of sp³-hybridized carbons (Fsp3) is 0.333. The van der Waals surface area contributed by atoms with Gasteiger partial charge in [0.1, 0.15) is 0 Å². The zero-order chi connectivity index (χ0) is 23.3. The van der Waals surface area contributed by atoms with Gasteiger partial charge in [-0.25, -0.2) is 4.98 Å². The van der Waals surface area contributed by atoms with Crippen molar-refractivity contribution in [1.29, 1.82) is 0 Å². The van der Waals surface area contributed by atoms with Gasteiger partial charge >= 0.3 is 0 Å². The van der Waals surface area contributed by atoms with Crippen LogP contribution in [0.2, 0.25) is 5.02 Å². The molecule has 3 rings (SSSR count). The number of nitrogens with one attached hydrogen (secondary N) is 1. The molecule has 0 bridgehead atoms. The zero-order valence-electron chi connectivity index (χ0n) is 18.3. The lowest BCUT2D eigenvalue weighted by Gasteiger charge is -2.17. The average Bonchev–Trinajstić information content (AvgIpc) is 2.75. The molecule has 32 heavy (non-hydrogen) atoms. The number of hydrogen-bond acceptors (Lipinski definition) is 5. The number of hydrogen-bond donors (Lipinski definition) is 1. The van der Waals surface area contributed by atoms with Gasteiger partial charge in [0.15, 0.2) is 10.9 Å². The molecule has 0 radical (unpaired) electrons. The van der Waals surface area contributed by atoms with E-state index in [4.69, 9.17) is 11.6 Å². The molecule has 1 atom stereocenters. The van der Waals surface area contributed by atoms with Gasteiger partial charge in [-0.1, -0.05) is 67.5 Å². The molecule has 0 spiro atoms. The third-order valence-corrected chi connectivity index (χ3v) is 6.08. The Hall–Kier alpha value is -2.64. The van der Waals surface area contributed by atoms with Gasteiger partial charge < -0.3 is 5.32 Å². The third kappa shape index (κ3) is 6.20. The van der Waals surface area contributed by atoms with E-state index >= 15 is 0 Å². The smallest absolute Gasteiger partial charge is 0.262 e. The van der Waals surface area contributed by atoms with Crippen molar-refractivity contribution < 1.29 is 9.59 Å². The number of nitrogens with zero attached hydrogens (tertiary/aromatic N) is 2. The fourth-order valence-corrected chi connectivity index (χ4v) is 4.31. The number of Topliss-reactive ketones (excluding diaryl/α,β-unsaturated/α-hetero) is 1. The molecule has 3 aromatic rings. The summed E-state index contributed by atoms with van der Waals surface area (Å²) in [5.41, 5.74) is 1.33. The van der Waals surface area contributed by atoms with Crippen LogP contribution in [0.5, 0.6) is 0 Å². The lowest BCUT2D eigenvalue weighted by Crippen LogP contribution is -2.42. The average molecular weight is 472 g/mol. The molecule has 1 amide bonds. The minimum absolute atomic E-state index is 0.0439. The first kappa shape index (κ1) is 24.0. The molecule has 168 valence electrons. The first-order valence-electron chi connectivity index (χ1n) is 10.4. The molecule has 0 aliphatic rings. The van der Waals surface area contributed by atoms with Gasteiger partial charge in [-0.3, -0.25) is 19.0 Å². The van der Waals surface area contributed by atoms with Gasteiger partial charge in [-0.15, -0.1) is 0 Å². The van der Waals surface area contributed by atoms with E-state index in [1.807, 2.05) is 44.2 Å². The lowest BCUT2D eigenvalue weighted by molar-refractivity contribution is -0.125. The van der Waals surface area contributed by atoms with Crippen LogP contribution in [-0.2, 0) is 22.6 Å². The second kappa shape index (κ2) is 10.8. The summed E-state index contributed by atoms with van der Waals surface area (Å²) in [5, 5.41) is 4.20. The van der Waals surface area contributed by atoms with Crippen molar-refractivity contribution in [1.82, 2.24) is 14.9 Å². The summed E-state index contributed by atoms with van der Waals surface area (Å²) in [6.45, 7) is 5.97. The summed E-state index contributed by atoms with van der Waals surface area (Å²) in [6, 6.07) is 14.0. The van der Waals surface area contributed by atoms with Crippen molar-refractivity contribution in [3.05, 3.63) is 69.5 Å². The standard InChI is InChI=1S/C24H26ClN3O3S/c1-15(2)13-28-23(31)19-12-18(25)9-10-20(19)27-24(28)32-14-22(30)26-21(16(3)29)11-17-7-5-4-6-8-17/h4-10,12,15,21H,11,13-14H2,1-3H3,(H,26,30). The Kier molecular flexibility index (Phi) is 8.10. The zero-order valence-corrected chi connectivity index (χ0v) is 19.9. The van der Waals surface area contributed by atoms with Crippen LogP contribution in [0.1, 0.15) is 26.3 Å². The van der Waals surface area contributed by atoms with Gasteiger partial charge in [-0.05, 0) is 43.0 Å². The van der Waals surface area contributed by atoms with E-state index in [2.05, 4.69) is 10.3 Å². The molecule has 0 saturated heterocycles. The van der Waals surface area contributed by atoms with Crippen LogP contribution >= 0.6 is 23.4 Å². The molecule has 1 N–H and O–H groups in total. The highest BCUT2D eigenvalue weighted by molar-refractivity contribution is 7.99. The quantitative estimate of drug-likeness (QED) is 0.375. The fourth-order valence-electron chi connectivity index (χ4n) is 3.32. The molecule has 0 aliphatic heterocycles. The second-order valence-electron chi connectivity index (χ2n) is 8.07. The van der Waals surface area contributed by atoms with E-state index in [-0.39, 0.29) is 28.9 Å². The molecule has 2 aromatic carbocycles. The molecule has 6 nitrogen and oxygen atoms in total. The maximum absolute atomic E-state index is 13.1. The SMILES string of the molecule is CC(=O)C(Cc1ccccc1)NC(=O)CSc1nc2ccc(Cl)cc2c(=O)n1CC(C)C. The minimum Gasteiger partial charge on any atom is -0.345 e. The number of amides is 1. The molecule has 0 fully saturated rings. The number of halogens is 1. The monoisotopic (exact) mass is 471 g/mol. The van der Waals surface area contributed by atoms with Gasteiger partial charge in [-0.2, -0.15) is 0 Å². The Balaban J connectivity index is 1.78. The largest absolute Gasteiger partial charge is 0.345 e. The Morgan fingerprint density at radius 1 is 1.16 bits per heavy atom. The van der Waals surface area contributed by atoms with Crippen LogP contribution in [0.25, 0.3) is 10.9 Å². The van der Waals surface area contributed by atoms with E-state index in [1.165, 1.54) is 18.7 Å². The van der Waals surface area contributed by atoms with Crippen LogP contribution < -0.4 is 10.9 Å². The first-order chi connectivity index (χ1) is 15.2. The summed E-state index contributed by atoms with van der Waals surface area (Å²) in [5.74, 6) is -0.132. The Labute approximate surface area is 196 Å². The molecule has 0 saturated carbocycles. The van der Waals surface area contributed by atoms with Crippen LogP contribution in [-0.4, -0.2) is 33.0 Å². The molecular formula is C24H26ClN3O3S. The molecule has 1 heterocycles. The second-order valence-corrected chi connectivity index (χ2v) is 9.45. The molecular weight excluding hydrogens is 446 g/mol. The molecule has 1 aromatic heterocycles. The van der Waals surface area contributed by atoms with Crippen LogP contribution in [0.3, 0.4) is 0 Å². The van der Waals surface area contributed by atoms with Gasteiger partial charge in [0.2, 0.25) is 5.91 Å². The van der Waals surface area contributed by atoms with Crippen LogP contribution in [0.4, 0.5) is 0 Å². The van der Waals surface area contributed by atoms with E-state index in [0.717, 1.165) is 5.56 Å². The summed E-state index contributed by atoms with van der Waals surface area (Å²) in [7, 11) is 0. The van der Waals surface area contributed by atoms with E-state index in [1.54, 1.807) is 22.8 Å². The molecule has 8 heteroatoms. The predicted octanol–water partition coefficient (Wildman–Crippen LogP) is 4.11. The predicted molar refractivity (Wildman–Crippen MR) is 129 cm³/mol. The highest BCUT2D eigenvalue weighted by atomic mass is 35.5.